The minimum atomic E-state index is 0.197. The lowest BCUT2D eigenvalue weighted by Crippen LogP contribution is -2.38. The van der Waals surface area contributed by atoms with Gasteiger partial charge in [0, 0.05) is 31.2 Å². The summed E-state index contributed by atoms with van der Waals surface area (Å²) in [6.07, 6.45) is 6.15. The quantitative estimate of drug-likeness (QED) is 0.804. The van der Waals surface area contributed by atoms with E-state index >= 15 is 0 Å². The zero-order valence-electron chi connectivity index (χ0n) is 14.4. The molecule has 2 aliphatic carbocycles. The SMILES string of the molecule is COc1ccccc1CN(CC1CCCO1)C(=O)C1C2CCCC21. The summed E-state index contributed by atoms with van der Waals surface area (Å²) in [7, 11) is 1.69. The lowest BCUT2D eigenvalue weighted by atomic mass is 10.1. The van der Waals surface area contributed by atoms with Crippen molar-refractivity contribution >= 4 is 5.91 Å². The highest BCUT2D eigenvalue weighted by atomic mass is 16.5. The number of para-hydroxylation sites is 1. The van der Waals surface area contributed by atoms with Crippen molar-refractivity contribution in [3.05, 3.63) is 29.8 Å². The van der Waals surface area contributed by atoms with Gasteiger partial charge in [0.1, 0.15) is 5.75 Å². The molecule has 3 aliphatic rings. The van der Waals surface area contributed by atoms with E-state index in [9.17, 15) is 4.79 Å². The van der Waals surface area contributed by atoms with Gasteiger partial charge in [0.05, 0.1) is 13.2 Å². The summed E-state index contributed by atoms with van der Waals surface area (Å²) in [4.78, 5) is 15.2. The van der Waals surface area contributed by atoms with Crippen LogP contribution in [0.2, 0.25) is 0 Å². The molecule has 1 heterocycles. The van der Waals surface area contributed by atoms with Gasteiger partial charge in [0.25, 0.3) is 0 Å². The summed E-state index contributed by atoms with van der Waals surface area (Å²) in [6, 6.07) is 8.01. The molecule has 3 atom stereocenters. The number of hydrogen-bond donors (Lipinski definition) is 0. The molecule has 1 aliphatic heterocycles. The number of carbonyl (C=O) groups excluding carboxylic acids is 1. The van der Waals surface area contributed by atoms with Crippen LogP contribution in [-0.2, 0) is 16.1 Å². The number of amides is 1. The molecule has 1 aromatic rings. The highest BCUT2D eigenvalue weighted by Crippen LogP contribution is 2.58. The fraction of sp³-hybridized carbons (Fsp3) is 0.650. The standard InChI is InChI=1S/C20H27NO3/c1-23-18-10-3-2-6-14(18)12-21(13-15-7-5-11-24-15)20(22)19-16-8-4-9-17(16)19/h2-3,6,10,15-17,19H,4-5,7-9,11-13H2,1H3. The summed E-state index contributed by atoms with van der Waals surface area (Å²) < 4.78 is 11.3. The van der Waals surface area contributed by atoms with Crippen LogP contribution in [0.1, 0.15) is 37.7 Å². The summed E-state index contributed by atoms with van der Waals surface area (Å²) in [5.41, 5.74) is 1.08. The van der Waals surface area contributed by atoms with Crippen LogP contribution in [-0.4, -0.2) is 37.2 Å². The van der Waals surface area contributed by atoms with E-state index in [0.717, 1.165) is 30.8 Å². The predicted octanol–water partition coefficient (Wildman–Crippen LogP) is 3.25. The molecule has 0 bridgehead atoms. The van der Waals surface area contributed by atoms with Gasteiger partial charge in [-0.15, -0.1) is 0 Å². The zero-order chi connectivity index (χ0) is 16.5. The second-order valence-electron chi connectivity index (χ2n) is 7.45. The third-order valence-electron chi connectivity index (χ3n) is 6.01. The van der Waals surface area contributed by atoms with Gasteiger partial charge >= 0.3 is 0 Å². The van der Waals surface area contributed by atoms with Gasteiger partial charge in [-0.3, -0.25) is 4.79 Å². The van der Waals surface area contributed by atoms with Gasteiger partial charge in [-0.1, -0.05) is 24.6 Å². The highest BCUT2D eigenvalue weighted by Gasteiger charge is 2.57. The van der Waals surface area contributed by atoms with Crippen molar-refractivity contribution in [3.8, 4) is 5.75 Å². The minimum absolute atomic E-state index is 0.197. The van der Waals surface area contributed by atoms with E-state index in [4.69, 9.17) is 9.47 Å². The van der Waals surface area contributed by atoms with Crippen LogP contribution in [0.5, 0.6) is 5.75 Å². The van der Waals surface area contributed by atoms with Gasteiger partial charge in [-0.05, 0) is 43.6 Å². The topological polar surface area (TPSA) is 38.8 Å². The van der Waals surface area contributed by atoms with Crippen LogP contribution in [0.15, 0.2) is 24.3 Å². The molecule has 0 radical (unpaired) electrons. The normalized spacial score (nSPS) is 30.9. The second kappa shape index (κ2) is 6.75. The van der Waals surface area contributed by atoms with E-state index in [0.29, 0.717) is 30.8 Å². The van der Waals surface area contributed by atoms with E-state index in [1.165, 1.54) is 19.3 Å². The third kappa shape index (κ3) is 3.04. The van der Waals surface area contributed by atoms with Crippen molar-refractivity contribution in [1.82, 2.24) is 4.90 Å². The zero-order valence-corrected chi connectivity index (χ0v) is 14.4. The van der Waals surface area contributed by atoms with Gasteiger partial charge < -0.3 is 14.4 Å². The highest BCUT2D eigenvalue weighted by molar-refractivity contribution is 5.82. The number of nitrogens with zero attached hydrogens (tertiary/aromatic N) is 1. The van der Waals surface area contributed by atoms with Gasteiger partial charge in [-0.2, -0.15) is 0 Å². The minimum Gasteiger partial charge on any atom is -0.496 e. The smallest absolute Gasteiger partial charge is 0.226 e. The summed E-state index contributed by atoms with van der Waals surface area (Å²) in [6.45, 7) is 2.17. The van der Waals surface area contributed by atoms with Crippen LogP contribution >= 0.6 is 0 Å². The van der Waals surface area contributed by atoms with Crippen LogP contribution in [0, 0.1) is 17.8 Å². The number of fused-ring (bicyclic) bond motifs is 1. The second-order valence-corrected chi connectivity index (χ2v) is 7.45. The first-order valence-corrected chi connectivity index (χ1v) is 9.30. The maximum absolute atomic E-state index is 13.1. The molecule has 24 heavy (non-hydrogen) atoms. The molecule has 4 nitrogen and oxygen atoms in total. The Hall–Kier alpha value is -1.55. The number of benzene rings is 1. The maximum Gasteiger partial charge on any atom is 0.226 e. The molecular weight excluding hydrogens is 302 g/mol. The number of hydrogen-bond acceptors (Lipinski definition) is 3. The Labute approximate surface area is 144 Å². The van der Waals surface area contributed by atoms with Crippen molar-refractivity contribution in [2.45, 2.75) is 44.8 Å². The number of rotatable bonds is 6. The monoisotopic (exact) mass is 329 g/mol. The molecule has 0 N–H and O–H groups in total. The Balaban J connectivity index is 1.50. The Kier molecular flexibility index (Phi) is 4.49. The first kappa shape index (κ1) is 15.9. The van der Waals surface area contributed by atoms with Crippen molar-refractivity contribution in [2.75, 3.05) is 20.3 Å². The van der Waals surface area contributed by atoms with Crippen LogP contribution in [0.4, 0.5) is 0 Å². The maximum atomic E-state index is 13.1. The third-order valence-corrected chi connectivity index (χ3v) is 6.01. The fourth-order valence-electron chi connectivity index (χ4n) is 4.70. The van der Waals surface area contributed by atoms with Crippen molar-refractivity contribution < 1.29 is 14.3 Å². The lowest BCUT2D eigenvalue weighted by Gasteiger charge is -2.27. The first-order chi connectivity index (χ1) is 11.8. The Bertz CT molecular complexity index is 586. The van der Waals surface area contributed by atoms with E-state index in [1.807, 2.05) is 23.1 Å². The van der Waals surface area contributed by atoms with E-state index in [1.54, 1.807) is 7.11 Å². The van der Waals surface area contributed by atoms with E-state index in [-0.39, 0.29) is 12.0 Å². The molecule has 2 saturated carbocycles. The molecule has 0 aromatic heterocycles. The van der Waals surface area contributed by atoms with E-state index in [2.05, 4.69) is 6.07 Å². The average molecular weight is 329 g/mol. The van der Waals surface area contributed by atoms with Crippen molar-refractivity contribution in [3.63, 3.8) is 0 Å². The van der Waals surface area contributed by atoms with Gasteiger partial charge in [0.15, 0.2) is 0 Å². The molecule has 0 spiro atoms. The van der Waals surface area contributed by atoms with Gasteiger partial charge in [0.2, 0.25) is 5.91 Å². The summed E-state index contributed by atoms with van der Waals surface area (Å²) in [5, 5.41) is 0. The number of methoxy groups -OCH3 is 1. The van der Waals surface area contributed by atoms with E-state index < -0.39 is 0 Å². The first-order valence-electron chi connectivity index (χ1n) is 9.30. The Morgan fingerprint density at radius 1 is 1.21 bits per heavy atom. The Morgan fingerprint density at radius 2 is 2.00 bits per heavy atom. The predicted molar refractivity (Wildman–Crippen MR) is 91.7 cm³/mol. The molecule has 4 heteroatoms. The molecule has 1 aromatic carbocycles. The molecule has 1 saturated heterocycles. The van der Waals surface area contributed by atoms with Crippen LogP contribution < -0.4 is 4.74 Å². The van der Waals surface area contributed by atoms with Gasteiger partial charge in [-0.25, -0.2) is 0 Å². The largest absolute Gasteiger partial charge is 0.496 e. The molecular formula is C20H27NO3. The van der Waals surface area contributed by atoms with Crippen molar-refractivity contribution in [1.29, 1.82) is 0 Å². The number of ether oxygens (including phenoxy) is 2. The van der Waals surface area contributed by atoms with Crippen LogP contribution in [0.3, 0.4) is 0 Å². The van der Waals surface area contributed by atoms with Crippen LogP contribution in [0.25, 0.3) is 0 Å². The molecule has 1 amide bonds. The Morgan fingerprint density at radius 3 is 2.71 bits per heavy atom. The fourth-order valence-corrected chi connectivity index (χ4v) is 4.70. The molecule has 3 unspecified atom stereocenters. The van der Waals surface area contributed by atoms with Crippen molar-refractivity contribution in [2.24, 2.45) is 17.8 Å². The molecule has 3 fully saturated rings. The summed E-state index contributed by atoms with van der Waals surface area (Å²) in [5.74, 6) is 2.78. The number of carbonyl (C=O) groups is 1. The molecule has 130 valence electrons. The average Bonchev–Trinajstić information content (AvgIpc) is 3.01. The summed E-state index contributed by atoms with van der Waals surface area (Å²) >= 11 is 0. The molecule has 4 rings (SSSR count). The lowest BCUT2D eigenvalue weighted by molar-refractivity contribution is -0.135.